The second kappa shape index (κ2) is 18.7. The third kappa shape index (κ3) is 12.4. The monoisotopic (exact) mass is 724 g/mol. The molecule has 0 fully saturated rings. The van der Waals surface area contributed by atoms with Crippen molar-refractivity contribution < 1.29 is 28.5 Å². The van der Waals surface area contributed by atoms with Crippen molar-refractivity contribution in [1.29, 1.82) is 0 Å². The Balaban J connectivity index is 1.34. The van der Waals surface area contributed by atoms with Gasteiger partial charge in [-0.15, -0.1) is 23.5 Å². The lowest BCUT2D eigenvalue weighted by molar-refractivity contribution is -0.145. The number of benzene rings is 4. The van der Waals surface area contributed by atoms with Crippen molar-refractivity contribution >= 4 is 35.5 Å². The Morgan fingerprint density at radius 1 is 0.588 bits per heavy atom. The van der Waals surface area contributed by atoms with Crippen LogP contribution in [0.3, 0.4) is 0 Å². The fourth-order valence-corrected chi connectivity index (χ4v) is 6.61. The molecule has 0 aliphatic rings. The lowest BCUT2D eigenvalue weighted by Gasteiger charge is -2.27. The van der Waals surface area contributed by atoms with E-state index >= 15 is 0 Å². The van der Waals surface area contributed by atoms with Crippen molar-refractivity contribution in [3.63, 3.8) is 0 Å². The number of ether oxygens (including phenoxy) is 4. The van der Waals surface area contributed by atoms with Crippen LogP contribution in [0.25, 0.3) is 0 Å². The van der Waals surface area contributed by atoms with E-state index in [4.69, 9.17) is 18.9 Å². The highest BCUT2D eigenvalue weighted by molar-refractivity contribution is 7.99. The summed E-state index contributed by atoms with van der Waals surface area (Å²) in [5.41, 5.74) is 5.02. The number of carbonyl (C=O) groups excluding carboxylic acids is 2. The van der Waals surface area contributed by atoms with E-state index in [9.17, 15) is 9.59 Å². The van der Waals surface area contributed by atoms with Gasteiger partial charge in [0.25, 0.3) is 0 Å². The van der Waals surface area contributed by atoms with Crippen LogP contribution >= 0.6 is 23.5 Å². The predicted molar refractivity (Wildman–Crippen MR) is 209 cm³/mol. The summed E-state index contributed by atoms with van der Waals surface area (Å²) >= 11 is 3.24. The van der Waals surface area contributed by atoms with Crippen molar-refractivity contribution in [3.8, 4) is 11.5 Å². The van der Waals surface area contributed by atoms with Crippen LogP contribution in [0, 0.1) is 13.8 Å². The van der Waals surface area contributed by atoms with Gasteiger partial charge in [-0.05, 0) is 87.4 Å². The fraction of sp³-hybridized carbons (Fsp3) is 0.302. The molecule has 0 heterocycles. The molecule has 268 valence electrons. The number of hydrogen-bond acceptors (Lipinski definition) is 8. The van der Waals surface area contributed by atoms with E-state index in [2.05, 4.69) is 114 Å². The molecule has 0 saturated carbocycles. The summed E-state index contributed by atoms with van der Waals surface area (Å²) in [6.45, 7) is 19.6. The van der Waals surface area contributed by atoms with Crippen LogP contribution in [0.15, 0.2) is 131 Å². The Bertz CT molecular complexity index is 1630. The Morgan fingerprint density at radius 3 is 1.24 bits per heavy atom. The number of esters is 2. The average molecular weight is 725 g/mol. The molecule has 0 aliphatic heterocycles. The van der Waals surface area contributed by atoms with Crippen LogP contribution < -0.4 is 9.47 Å². The topological polar surface area (TPSA) is 71.1 Å². The minimum Gasteiger partial charge on any atom is -0.490 e. The molecule has 0 N–H and O–H groups in total. The van der Waals surface area contributed by atoms with Crippen molar-refractivity contribution in [2.45, 2.75) is 69.0 Å². The second-order valence-electron chi connectivity index (χ2n) is 13.2. The maximum atomic E-state index is 12.3. The van der Waals surface area contributed by atoms with Gasteiger partial charge in [0.2, 0.25) is 0 Å². The lowest BCUT2D eigenvalue weighted by atomic mass is 9.78. The molecule has 8 heteroatoms. The maximum Gasteiger partial charge on any atom is 0.333 e. The zero-order chi connectivity index (χ0) is 37.0. The van der Waals surface area contributed by atoms with Crippen molar-refractivity contribution in [1.82, 2.24) is 0 Å². The fourth-order valence-electron chi connectivity index (χ4n) is 4.86. The van der Waals surface area contributed by atoms with Gasteiger partial charge in [-0.3, -0.25) is 0 Å². The molecule has 2 unspecified atom stereocenters. The Hall–Kier alpha value is -4.40. The first-order chi connectivity index (χ1) is 24.3. The number of thioether (sulfide) groups is 2. The van der Waals surface area contributed by atoms with Gasteiger partial charge in [-0.25, -0.2) is 9.59 Å². The first-order valence-electron chi connectivity index (χ1n) is 16.9. The molecule has 4 aromatic carbocycles. The Labute approximate surface area is 311 Å². The molecular weight excluding hydrogens is 677 g/mol. The zero-order valence-corrected chi connectivity index (χ0v) is 32.0. The van der Waals surface area contributed by atoms with Crippen molar-refractivity contribution in [2.75, 3.05) is 24.7 Å². The number of aryl methyl sites for hydroxylation is 2. The molecule has 0 aliphatic carbocycles. The van der Waals surface area contributed by atoms with E-state index in [1.807, 2.05) is 24.3 Å². The summed E-state index contributed by atoms with van der Waals surface area (Å²) in [6.07, 6.45) is -0.893. The van der Waals surface area contributed by atoms with E-state index in [1.165, 1.54) is 11.1 Å². The average Bonchev–Trinajstić information content (AvgIpc) is 3.12. The summed E-state index contributed by atoms with van der Waals surface area (Å²) in [4.78, 5) is 26.9. The van der Waals surface area contributed by atoms with Crippen LogP contribution in [0.4, 0.5) is 0 Å². The standard InChI is InChI=1S/C43H48O6S2/c1-29(2)41(44)48-37(27-50-39-21-9-31(5)10-22-39)25-46-35-17-13-33(14-18-35)43(7,8)34-15-19-36(20-16-34)47-26-38(49-42(45)30(3)4)28-51-40-23-11-32(6)12-24-40/h9-24,37-38H,1,3,25-28H2,2,4-8H3. The van der Waals surface area contributed by atoms with Crippen LogP contribution in [0.2, 0.25) is 0 Å². The maximum absolute atomic E-state index is 12.3. The van der Waals surface area contributed by atoms with Gasteiger partial charge < -0.3 is 18.9 Å². The van der Waals surface area contributed by atoms with Crippen LogP contribution in [0.5, 0.6) is 11.5 Å². The van der Waals surface area contributed by atoms with Gasteiger partial charge in [0.05, 0.1) is 0 Å². The summed E-state index contributed by atoms with van der Waals surface area (Å²) in [5, 5.41) is 0. The van der Waals surface area contributed by atoms with Gasteiger partial charge in [0.15, 0.2) is 0 Å². The predicted octanol–water partition coefficient (Wildman–Crippen LogP) is 9.95. The molecular formula is C43H48O6S2. The van der Waals surface area contributed by atoms with Crippen molar-refractivity contribution in [2.24, 2.45) is 0 Å². The molecule has 0 saturated heterocycles. The SMILES string of the molecule is C=C(C)C(=O)OC(COc1ccc(C(C)(C)c2ccc(OCC(CSc3ccc(C)cc3)OC(=O)C(=C)C)cc2)cc1)CSc1ccc(C)cc1. The quantitative estimate of drug-likeness (QED) is 0.0571. The number of hydrogen-bond donors (Lipinski definition) is 0. The van der Waals surface area contributed by atoms with Crippen LogP contribution in [0.1, 0.15) is 49.9 Å². The molecule has 2 atom stereocenters. The summed E-state index contributed by atoms with van der Waals surface area (Å²) in [5.74, 6) is 1.64. The number of carbonyl (C=O) groups is 2. The van der Waals surface area contributed by atoms with E-state index < -0.39 is 24.1 Å². The zero-order valence-electron chi connectivity index (χ0n) is 30.4. The summed E-state index contributed by atoms with van der Waals surface area (Å²) in [7, 11) is 0. The van der Waals surface area contributed by atoms with Gasteiger partial charge >= 0.3 is 11.9 Å². The minimum absolute atomic E-state index is 0.222. The van der Waals surface area contributed by atoms with Crippen LogP contribution in [-0.2, 0) is 24.5 Å². The van der Waals surface area contributed by atoms with Gasteiger partial charge in [0, 0.05) is 37.9 Å². The van der Waals surface area contributed by atoms with E-state index in [1.54, 1.807) is 37.4 Å². The molecule has 51 heavy (non-hydrogen) atoms. The molecule has 0 spiro atoms. The largest absolute Gasteiger partial charge is 0.490 e. The highest BCUT2D eigenvalue weighted by Gasteiger charge is 2.24. The van der Waals surface area contributed by atoms with Gasteiger partial charge in [-0.2, -0.15) is 0 Å². The van der Waals surface area contributed by atoms with Gasteiger partial charge in [0.1, 0.15) is 36.9 Å². The molecule has 6 nitrogen and oxygen atoms in total. The highest BCUT2D eigenvalue weighted by atomic mass is 32.2. The first-order valence-corrected chi connectivity index (χ1v) is 18.9. The van der Waals surface area contributed by atoms with E-state index in [0.29, 0.717) is 34.2 Å². The lowest BCUT2D eigenvalue weighted by Crippen LogP contribution is -2.28. The summed E-state index contributed by atoms with van der Waals surface area (Å²) < 4.78 is 23.6. The van der Waals surface area contributed by atoms with E-state index in [-0.39, 0.29) is 18.6 Å². The van der Waals surface area contributed by atoms with E-state index in [0.717, 1.165) is 20.9 Å². The molecule has 4 aromatic rings. The second-order valence-corrected chi connectivity index (χ2v) is 15.3. The molecule has 0 amide bonds. The van der Waals surface area contributed by atoms with Gasteiger partial charge in [-0.1, -0.05) is 86.7 Å². The smallest absolute Gasteiger partial charge is 0.333 e. The summed E-state index contributed by atoms with van der Waals surface area (Å²) in [6, 6.07) is 32.5. The third-order valence-corrected chi connectivity index (χ3v) is 10.5. The minimum atomic E-state index is -0.447. The molecule has 0 aromatic heterocycles. The molecule has 0 radical (unpaired) electrons. The third-order valence-electron chi connectivity index (χ3n) is 8.18. The van der Waals surface area contributed by atoms with Crippen molar-refractivity contribution in [3.05, 3.63) is 144 Å². The number of rotatable bonds is 18. The molecule has 4 rings (SSSR count). The normalized spacial score (nSPS) is 12.4. The highest BCUT2D eigenvalue weighted by Crippen LogP contribution is 2.34. The molecule has 0 bridgehead atoms. The Morgan fingerprint density at radius 2 is 0.922 bits per heavy atom. The van der Waals surface area contributed by atoms with Crippen LogP contribution in [-0.4, -0.2) is 48.9 Å². The Kier molecular flexibility index (Phi) is 14.5. The first kappa shape index (κ1) is 39.4.